The molecular weight excluding hydrogens is 997 g/mol. The second-order valence-corrected chi connectivity index (χ2v) is 24.1. The molecule has 0 aliphatic carbocycles. The Hall–Kier alpha value is -2.89. The van der Waals surface area contributed by atoms with Gasteiger partial charge in [-0.3, -0.25) is 14.4 Å². The lowest BCUT2D eigenvalue weighted by Gasteiger charge is -2.18. The lowest BCUT2D eigenvalue weighted by molar-refractivity contribution is -0.167. The van der Waals surface area contributed by atoms with E-state index in [0.29, 0.717) is 19.3 Å². The molecule has 0 fully saturated rings. The van der Waals surface area contributed by atoms with E-state index in [9.17, 15) is 14.4 Å². The summed E-state index contributed by atoms with van der Waals surface area (Å²) >= 11 is 0. The molecule has 0 aliphatic heterocycles. The van der Waals surface area contributed by atoms with Gasteiger partial charge in [-0.25, -0.2) is 0 Å². The van der Waals surface area contributed by atoms with Gasteiger partial charge in [-0.2, -0.15) is 0 Å². The highest BCUT2D eigenvalue weighted by Gasteiger charge is 2.19. The molecule has 0 amide bonds. The number of carbonyl (C=O) groups is 3. The first-order chi connectivity index (χ1) is 40.0. The van der Waals surface area contributed by atoms with Gasteiger partial charge in [0.2, 0.25) is 0 Å². The maximum absolute atomic E-state index is 12.9. The number of allylic oxidation sites excluding steroid dienone is 10. The Bertz CT molecular complexity index is 1440. The van der Waals surface area contributed by atoms with E-state index in [1.165, 1.54) is 257 Å². The van der Waals surface area contributed by atoms with Gasteiger partial charge < -0.3 is 14.2 Å². The molecule has 81 heavy (non-hydrogen) atoms. The molecular formula is C75H136O6. The molecule has 472 valence electrons. The second kappa shape index (κ2) is 69.6. The Morgan fingerprint density at radius 1 is 0.259 bits per heavy atom. The highest BCUT2D eigenvalue weighted by Crippen LogP contribution is 2.18. The van der Waals surface area contributed by atoms with Gasteiger partial charge in [-0.05, 0) is 83.5 Å². The lowest BCUT2D eigenvalue weighted by atomic mass is 10.0. The highest BCUT2D eigenvalue weighted by molar-refractivity contribution is 5.71. The van der Waals surface area contributed by atoms with E-state index < -0.39 is 6.10 Å². The van der Waals surface area contributed by atoms with Crippen molar-refractivity contribution >= 4 is 17.9 Å². The van der Waals surface area contributed by atoms with Crippen molar-refractivity contribution in [1.82, 2.24) is 0 Å². The van der Waals surface area contributed by atoms with E-state index in [0.717, 1.165) is 83.5 Å². The number of carbonyl (C=O) groups excluding carboxylic acids is 3. The predicted octanol–water partition coefficient (Wildman–Crippen LogP) is 24.7. The summed E-state index contributed by atoms with van der Waals surface area (Å²) in [6.07, 6.45) is 89.8. The zero-order chi connectivity index (χ0) is 58.5. The Kier molecular flexibility index (Phi) is 67.1. The quantitative estimate of drug-likeness (QED) is 0.0261. The van der Waals surface area contributed by atoms with Gasteiger partial charge in [0.25, 0.3) is 0 Å². The number of hydrogen-bond acceptors (Lipinski definition) is 6. The molecule has 0 N–H and O–H groups in total. The van der Waals surface area contributed by atoms with Crippen LogP contribution in [0.1, 0.15) is 380 Å². The molecule has 0 rings (SSSR count). The van der Waals surface area contributed by atoms with Gasteiger partial charge >= 0.3 is 17.9 Å². The molecule has 0 heterocycles. The van der Waals surface area contributed by atoms with Crippen LogP contribution in [0.4, 0.5) is 0 Å². The van der Waals surface area contributed by atoms with Crippen LogP contribution >= 0.6 is 0 Å². The monoisotopic (exact) mass is 1130 g/mol. The average molecular weight is 1130 g/mol. The van der Waals surface area contributed by atoms with E-state index in [1.54, 1.807) is 0 Å². The fourth-order valence-electron chi connectivity index (χ4n) is 10.7. The third-order valence-electron chi connectivity index (χ3n) is 16.0. The molecule has 1 unspecified atom stereocenters. The second-order valence-electron chi connectivity index (χ2n) is 24.1. The van der Waals surface area contributed by atoms with Gasteiger partial charge in [0.05, 0.1) is 0 Å². The number of unbranched alkanes of at least 4 members (excludes halogenated alkanes) is 45. The summed E-state index contributed by atoms with van der Waals surface area (Å²) in [6, 6.07) is 0. The molecule has 6 heteroatoms. The van der Waals surface area contributed by atoms with Gasteiger partial charge in [0, 0.05) is 19.3 Å². The van der Waals surface area contributed by atoms with Crippen LogP contribution in [0.5, 0.6) is 0 Å². The third-order valence-corrected chi connectivity index (χ3v) is 16.0. The van der Waals surface area contributed by atoms with Crippen LogP contribution in [0, 0.1) is 0 Å². The topological polar surface area (TPSA) is 78.9 Å². The van der Waals surface area contributed by atoms with Crippen LogP contribution in [-0.4, -0.2) is 37.2 Å². The van der Waals surface area contributed by atoms with Gasteiger partial charge in [0.1, 0.15) is 13.2 Å². The smallest absolute Gasteiger partial charge is 0.306 e. The normalized spacial score (nSPS) is 12.4. The number of rotatable bonds is 66. The molecule has 0 aromatic rings. The fraction of sp³-hybridized carbons (Fsp3) is 0.827. The summed E-state index contributed by atoms with van der Waals surface area (Å²) < 4.78 is 16.9. The Balaban J connectivity index is 4.24. The largest absolute Gasteiger partial charge is 0.462 e. The molecule has 0 aliphatic rings. The minimum Gasteiger partial charge on any atom is -0.462 e. The number of hydrogen-bond donors (Lipinski definition) is 0. The van der Waals surface area contributed by atoms with Crippen molar-refractivity contribution < 1.29 is 28.6 Å². The van der Waals surface area contributed by atoms with Gasteiger partial charge in [-0.1, -0.05) is 338 Å². The van der Waals surface area contributed by atoms with Gasteiger partial charge in [-0.15, -0.1) is 0 Å². The van der Waals surface area contributed by atoms with E-state index in [1.807, 2.05) is 0 Å². The van der Waals surface area contributed by atoms with Crippen molar-refractivity contribution in [2.24, 2.45) is 0 Å². The van der Waals surface area contributed by atoms with Crippen LogP contribution in [0.15, 0.2) is 60.8 Å². The van der Waals surface area contributed by atoms with Crippen molar-refractivity contribution in [3.8, 4) is 0 Å². The standard InChI is InChI=1S/C75H136O6/c1-4-7-10-13-16-19-22-25-28-30-32-33-34-35-36-37-38-39-40-41-43-44-47-50-53-56-59-62-65-68-74(77)80-71-72(70-79-73(76)67-64-61-58-55-52-49-46-27-24-21-18-15-12-9-6-3)81-75(78)69-66-63-60-57-54-51-48-45-42-31-29-26-23-20-17-14-11-8-5-2/h9,12,18,21,26-27,29,46,52,55,72H,4-8,10-11,13-17,19-20,22-25,28,30-45,47-51,53-54,56-71H2,1-3H3/b12-9-,21-18-,29-26-,46-27-,55-52-. The zero-order valence-corrected chi connectivity index (χ0v) is 54.3. The summed E-state index contributed by atoms with van der Waals surface area (Å²) in [7, 11) is 0. The molecule has 0 spiro atoms. The maximum atomic E-state index is 12.9. The van der Waals surface area contributed by atoms with Gasteiger partial charge in [0.15, 0.2) is 6.10 Å². The first-order valence-electron chi connectivity index (χ1n) is 35.8. The SMILES string of the molecule is CC/C=C\C/C=C\C/C=C\C/C=C\CCCCC(=O)OCC(COC(=O)CCCCCCCCCCCCCCCCCCCCCCCCCCCCCCC)OC(=O)CCCCCCCCCCC/C=C\CCCCCCCC. The minimum atomic E-state index is -0.792. The molecule has 0 radical (unpaired) electrons. The van der Waals surface area contributed by atoms with Crippen molar-refractivity contribution in [1.29, 1.82) is 0 Å². The van der Waals surface area contributed by atoms with Crippen LogP contribution in [0.2, 0.25) is 0 Å². The Morgan fingerprint density at radius 3 is 0.790 bits per heavy atom. The van der Waals surface area contributed by atoms with Crippen molar-refractivity contribution in [3.63, 3.8) is 0 Å². The predicted molar refractivity (Wildman–Crippen MR) is 353 cm³/mol. The summed E-state index contributed by atoms with van der Waals surface area (Å²) in [5.74, 6) is -0.907. The van der Waals surface area contributed by atoms with Crippen LogP contribution < -0.4 is 0 Å². The summed E-state index contributed by atoms with van der Waals surface area (Å²) in [5.41, 5.74) is 0. The first-order valence-corrected chi connectivity index (χ1v) is 35.8. The fourth-order valence-corrected chi connectivity index (χ4v) is 10.7. The number of esters is 3. The van der Waals surface area contributed by atoms with Crippen molar-refractivity contribution in [2.75, 3.05) is 13.2 Å². The number of ether oxygens (including phenoxy) is 3. The average Bonchev–Trinajstić information content (AvgIpc) is 3.47. The minimum absolute atomic E-state index is 0.0846. The highest BCUT2D eigenvalue weighted by atomic mass is 16.6. The van der Waals surface area contributed by atoms with E-state index >= 15 is 0 Å². The Morgan fingerprint density at radius 2 is 0.481 bits per heavy atom. The molecule has 6 nitrogen and oxygen atoms in total. The zero-order valence-electron chi connectivity index (χ0n) is 54.3. The van der Waals surface area contributed by atoms with Crippen LogP contribution in [0.25, 0.3) is 0 Å². The summed E-state index contributed by atoms with van der Waals surface area (Å²) in [4.78, 5) is 38.4. The van der Waals surface area contributed by atoms with Crippen molar-refractivity contribution in [2.45, 2.75) is 386 Å². The molecule has 0 saturated heterocycles. The maximum Gasteiger partial charge on any atom is 0.306 e. The van der Waals surface area contributed by atoms with Crippen LogP contribution in [-0.2, 0) is 28.6 Å². The van der Waals surface area contributed by atoms with E-state index in [4.69, 9.17) is 14.2 Å². The molecule has 0 aromatic heterocycles. The van der Waals surface area contributed by atoms with E-state index in [2.05, 4.69) is 81.5 Å². The van der Waals surface area contributed by atoms with Crippen LogP contribution in [0.3, 0.4) is 0 Å². The first kappa shape index (κ1) is 78.1. The lowest BCUT2D eigenvalue weighted by Crippen LogP contribution is -2.30. The molecule has 0 saturated carbocycles. The molecule has 0 bridgehead atoms. The molecule has 1 atom stereocenters. The van der Waals surface area contributed by atoms with E-state index in [-0.39, 0.29) is 31.1 Å². The van der Waals surface area contributed by atoms with Crippen molar-refractivity contribution in [3.05, 3.63) is 60.8 Å². The Labute approximate surface area is 504 Å². The molecule has 0 aromatic carbocycles. The summed E-state index contributed by atoms with van der Waals surface area (Å²) in [5, 5.41) is 0. The third kappa shape index (κ3) is 67.8. The summed E-state index contributed by atoms with van der Waals surface area (Å²) in [6.45, 7) is 6.55.